The van der Waals surface area contributed by atoms with Crippen molar-refractivity contribution in [1.82, 2.24) is 10.6 Å². The summed E-state index contributed by atoms with van der Waals surface area (Å²) in [7, 11) is 0. The van der Waals surface area contributed by atoms with E-state index in [-0.39, 0.29) is 67.0 Å². The van der Waals surface area contributed by atoms with Gasteiger partial charge in [0.15, 0.2) is 12.4 Å². The summed E-state index contributed by atoms with van der Waals surface area (Å²) in [6.45, 7) is 6.73. The van der Waals surface area contributed by atoms with Crippen LogP contribution in [0.15, 0.2) is 11.6 Å². The highest BCUT2D eigenvalue weighted by Crippen LogP contribution is 2.67. The van der Waals surface area contributed by atoms with E-state index in [1.165, 1.54) is 11.8 Å². The van der Waals surface area contributed by atoms with Crippen LogP contribution in [0.4, 0.5) is 0 Å². The normalized spacial score (nSPS) is 33.8. The summed E-state index contributed by atoms with van der Waals surface area (Å²) in [5, 5.41) is 37.9. The van der Waals surface area contributed by atoms with Crippen LogP contribution in [0.3, 0.4) is 0 Å². The first-order valence-corrected chi connectivity index (χ1v) is 18.5. The number of carboxylic acids is 1. The summed E-state index contributed by atoms with van der Waals surface area (Å²) in [6.07, 6.45) is 6.04. The molecule has 3 saturated carbocycles. The third kappa shape index (κ3) is 7.38. The third-order valence-electron chi connectivity index (χ3n) is 11.9. The van der Waals surface area contributed by atoms with Gasteiger partial charge in [-0.25, -0.2) is 4.79 Å². The standard InChI is InChI=1S/C35H52N2O10S/c1-19(2)30(31(43)36-24(32(44)45)12-15-48-5)37-27(41)8-9-28(42)47-18-26(40)35(46)14-11-23-22-7-6-20-16-21(38)10-13-33(20,3)29(22)25(39)17-34(23,35)4/h16,19,22-25,29-30,39,46H,6-15,17-18H2,1-5H3,(H,36,43)(H,37,41)(H,44,45)/t22-,23-,24-,25+,29+,30+,33-,34-,35-/m0/s1. The first-order chi connectivity index (χ1) is 22.5. The van der Waals surface area contributed by atoms with Crippen LogP contribution in [-0.2, 0) is 33.5 Å². The summed E-state index contributed by atoms with van der Waals surface area (Å²) in [4.78, 5) is 75.3. The molecule has 12 nitrogen and oxygen atoms in total. The number of esters is 1. The monoisotopic (exact) mass is 692 g/mol. The number of rotatable bonds is 14. The van der Waals surface area contributed by atoms with Crippen molar-refractivity contribution >= 4 is 47.1 Å². The molecule has 4 rings (SSSR count). The number of aliphatic hydroxyl groups excluding tert-OH is 1. The highest BCUT2D eigenvalue weighted by molar-refractivity contribution is 7.98. The number of aliphatic hydroxyl groups is 2. The van der Waals surface area contributed by atoms with Gasteiger partial charge in [0, 0.05) is 18.3 Å². The van der Waals surface area contributed by atoms with Crippen molar-refractivity contribution < 1.29 is 48.8 Å². The number of fused-ring (bicyclic) bond motifs is 5. The molecule has 2 amide bonds. The van der Waals surface area contributed by atoms with Crippen molar-refractivity contribution in [1.29, 1.82) is 0 Å². The van der Waals surface area contributed by atoms with Crippen LogP contribution in [0.2, 0.25) is 0 Å². The molecule has 48 heavy (non-hydrogen) atoms. The fourth-order valence-corrected chi connectivity index (χ4v) is 9.71. The van der Waals surface area contributed by atoms with E-state index in [4.69, 9.17) is 4.74 Å². The largest absolute Gasteiger partial charge is 0.480 e. The van der Waals surface area contributed by atoms with Crippen molar-refractivity contribution in [2.45, 2.75) is 116 Å². The van der Waals surface area contributed by atoms with Crippen molar-refractivity contribution in [2.24, 2.45) is 34.5 Å². The maximum atomic E-state index is 13.5. The van der Waals surface area contributed by atoms with E-state index in [0.717, 1.165) is 18.4 Å². The molecule has 0 spiro atoms. The summed E-state index contributed by atoms with van der Waals surface area (Å²) in [6, 6.07) is -2.11. The highest BCUT2D eigenvalue weighted by Gasteiger charge is 2.68. The fraction of sp³-hybridized carbons (Fsp3) is 0.771. The van der Waals surface area contributed by atoms with Crippen LogP contribution in [0, 0.1) is 34.5 Å². The number of ether oxygens (including phenoxy) is 1. The molecule has 0 aliphatic heterocycles. The quantitative estimate of drug-likeness (QED) is 0.168. The van der Waals surface area contributed by atoms with Crippen LogP contribution in [0.25, 0.3) is 0 Å². The SMILES string of the molecule is CSCC[C@H](NC(=O)[C@H](NC(=O)CCC(=O)OCC(=O)[C@@]1(O)CC[C@H]2[C@@H]3CCC4=CC(=O)CC[C@]4(C)[C@H]3[C@H](O)C[C@@]21C)C(C)C)C(=O)O. The molecule has 0 saturated heterocycles. The number of thioether (sulfide) groups is 1. The zero-order valence-electron chi connectivity index (χ0n) is 28.7. The fourth-order valence-electron chi connectivity index (χ4n) is 9.24. The maximum Gasteiger partial charge on any atom is 0.326 e. The number of ketones is 2. The molecular formula is C35H52N2O10S. The van der Waals surface area contributed by atoms with E-state index >= 15 is 0 Å². The maximum absolute atomic E-state index is 13.5. The van der Waals surface area contributed by atoms with Gasteiger partial charge in [-0.15, -0.1) is 0 Å². The molecule has 0 bridgehead atoms. The Balaban J connectivity index is 1.31. The number of allylic oxidation sites excluding steroid dienone is 1. The molecule has 5 N–H and O–H groups in total. The molecule has 0 aromatic rings. The average molecular weight is 693 g/mol. The molecule has 0 radical (unpaired) electrons. The number of hydrogen-bond acceptors (Lipinski definition) is 10. The summed E-state index contributed by atoms with van der Waals surface area (Å²) < 4.78 is 5.23. The number of hydrogen-bond donors (Lipinski definition) is 5. The zero-order chi connectivity index (χ0) is 35.6. The van der Waals surface area contributed by atoms with Gasteiger partial charge in [0.25, 0.3) is 0 Å². The predicted molar refractivity (Wildman–Crippen MR) is 178 cm³/mol. The van der Waals surface area contributed by atoms with E-state index in [9.17, 15) is 44.1 Å². The van der Waals surface area contributed by atoms with Crippen LogP contribution in [0.1, 0.15) is 91.9 Å². The van der Waals surface area contributed by atoms with Gasteiger partial charge < -0.3 is 30.7 Å². The lowest BCUT2D eigenvalue weighted by Gasteiger charge is -2.60. The molecule has 3 fully saturated rings. The number of carboxylic acid groups (broad SMARTS) is 1. The minimum absolute atomic E-state index is 0.0161. The summed E-state index contributed by atoms with van der Waals surface area (Å²) in [5.41, 5.74) is -1.90. The van der Waals surface area contributed by atoms with Gasteiger partial charge >= 0.3 is 11.9 Å². The highest BCUT2D eigenvalue weighted by atomic mass is 32.2. The van der Waals surface area contributed by atoms with Gasteiger partial charge in [-0.1, -0.05) is 33.3 Å². The van der Waals surface area contributed by atoms with E-state index in [0.29, 0.717) is 25.0 Å². The Morgan fingerprint density at radius 3 is 2.42 bits per heavy atom. The van der Waals surface area contributed by atoms with Gasteiger partial charge in [0.05, 0.1) is 12.5 Å². The zero-order valence-corrected chi connectivity index (χ0v) is 29.5. The number of carbonyl (C=O) groups is 6. The average Bonchev–Trinajstić information content (AvgIpc) is 3.29. The van der Waals surface area contributed by atoms with Crippen LogP contribution >= 0.6 is 11.8 Å². The lowest BCUT2D eigenvalue weighted by atomic mass is 9.45. The Morgan fingerprint density at radius 1 is 1.06 bits per heavy atom. The van der Waals surface area contributed by atoms with Crippen LogP contribution in [-0.4, -0.2) is 93.0 Å². The van der Waals surface area contributed by atoms with Gasteiger partial charge in [-0.05, 0) is 92.1 Å². The Hall–Kier alpha value is -2.77. The van der Waals surface area contributed by atoms with Crippen molar-refractivity contribution in [3.63, 3.8) is 0 Å². The lowest BCUT2D eigenvalue weighted by molar-refractivity contribution is -0.184. The number of carbonyl (C=O) groups excluding carboxylic acids is 5. The minimum atomic E-state index is -1.79. The third-order valence-corrected chi connectivity index (χ3v) is 12.6. The van der Waals surface area contributed by atoms with Gasteiger partial charge in [0.2, 0.25) is 17.6 Å². The molecule has 268 valence electrons. The summed E-state index contributed by atoms with van der Waals surface area (Å²) in [5.74, 6) is -3.56. The molecule has 0 aromatic heterocycles. The topological polar surface area (TPSA) is 196 Å². The van der Waals surface area contributed by atoms with Crippen molar-refractivity contribution in [2.75, 3.05) is 18.6 Å². The molecule has 4 aliphatic rings. The Kier molecular flexibility index (Phi) is 11.9. The van der Waals surface area contributed by atoms with Crippen LogP contribution < -0.4 is 10.6 Å². The van der Waals surface area contributed by atoms with Gasteiger partial charge in [-0.2, -0.15) is 11.8 Å². The second-order valence-corrected chi connectivity index (χ2v) is 16.0. The lowest BCUT2D eigenvalue weighted by Crippen LogP contribution is -2.62. The first kappa shape index (κ1) is 38.0. The van der Waals surface area contributed by atoms with E-state index in [2.05, 4.69) is 17.6 Å². The number of aliphatic carboxylic acids is 1. The Morgan fingerprint density at radius 2 is 1.77 bits per heavy atom. The minimum Gasteiger partial charge on any atom is -0.480 e. The van der Waals surface area contributed by atoms with Crippen LogP contribution in [0.5, 0.6) is 0 Å². The molecule has 0 heterocycles. The molecule has 0 unspecified atom stereocenters. The van der Waals surface area contributed by atoms with Gasteiger partial charge in [-0.3, -0.25) is 24.0 Å². The van der Waals surface area contributed by atoms with E-state index in [1.54, 1.807) is 19.9 Å². The molecule has 9 atom stereocenters. The predicted octanol–water partition coefficient (Wildman–Crippen LogP) is 2.58. The second-order valence-electron chi connectivity index (χ2n) is 15.0. The van der Waals surface area contributed by atoms with E-state index in [1.807, 2.05) is 13.2 Å². The number of amides is 2. The second kappa shape index (κ2) is 15.0. The Bertz CT molecular complexity index is 1330. The first-order valence-electron chi connectivity index (χ1n) is 17.1. The van der Waals surface area contributed by atoms with E-state index < -0.39 is 65.3 Å². The van der Waals surface area contributed by atoms with Crippen molar-refractivity contribution in [3.8, 4) is 0 Å². The van der Waals surface area contributed by atoms with Crippen molar-refractivity contribution in [3.05, 3.63) is 11.6 Å². The smallest absolute Gasteiger partial charge is 0.326 e. The molecule has 13 heteroatoms. The molecular weight excluding hydrogens is 640 g/mol. The molecule has 4 aliphatic carbocycles. The van der Waals surface area contributed by atoms with Gasteiger partial charge in [0.1, 0.15) is 17.7 Å². The molecule has 0 aromatic carbocycles. The summed E-state index contributed by atoms with van der Waals surface area (Å²) >= 11 is 1.45. The number of Topliss-reactive ketones (excluding diaryl/α,β-unsaturated/α-hetero) is 1. The number of nitrogens with one attached hydrogen (secondary N) is 2. The Labute approximate surface area is 286 Å².